The standard InChI is InChI=1S/C19H30ClNO6S.H2O/c1-28(25,26)21(12-5-3-2-4-11-19(23)24)13-7-9-17(22)15-27-18-10-6-8-16(20)14-18;/h6,8,10,14,17,22H,2-5,7,9,11-13,15H2,1H3,(H,23,24);1H2. The average Bonchev–Trinajstić information content (AvgIpc) is 2.60. The fraction of sp³-hybridized carbons (Fsp3) is 0.632. The highest BCUT2D eigenvalue weighted by Gasteiger charge is 2.16. The number of carboxylic acids is 1. The smallest absolute Gasteiger partial charge is 0.303 e. The van der Waals surface area contributed by atoms with Gasteiger partial charge < -0.3 is 20.4 Å². The summed E-state index contributed by atoms with van der Waals surface area (Å²) in [6.45, 7) is 0.853. The van der Waals surface area contributed by atoms with Gasteiger partial charge in [0.05, 0.1) is 12.4 Å². The zero-order valence-corrected chi connectivity index (χ0v) is 18.3. The number of benzene rings is 1. The van der Waals surface area contributed by atoms with E-state index >= 15 is 0 Å². The van der Waals surface area contributed by atoms with Gasteiger partial charge in [-0.1, -0.05) is 30.5 Å². The van der Waals surface area contributed by atoms with Crippen LogP contribution in [0.5, 0.6) is 5.75 Å². The summed E-state index contributed by atoms with van der Waals surface area (Å²) in [7, 11) is -3.32. The van der Waals surface area contributed by atoms with Crippen LogP contribution in [0.4, 0.5) is 0 Å². The zero-order chi connectivity index (χ0) is 21.0. The quantitative estimate of drug-likeness (QED) is 0.391. The third-order valence-electron chi connectivity index (χ3n) is 4.20. The van der Waals surface area contributed by atoms with Gasteiger partial charge in [0.1, 0.15) is 12.4 Å². The van der Waals surface area contributed by atoms with Crippen molar-refractivity contribution in [3.05, 3.63) is 29.3 Å². The van der Waals surface area contributed by atoms with E-state index in [0.717, 1.165) is 12.8 Å². The second-order valence-corrected chi connectivity index (χ2v) is 9.20. The summed E-state index contributed by atoms with van der Waals surface area (Å²) in [6.07, 6.45) is 4.41. The highest BCUT2D eigenvalue weighted by molar-refractivity contribution is 7.88. The molecule has 29 heavy (non-hydrogen) atoms. The minimum Gasteiger partial charge on any atom is -0.491 e. The van der Waals surface area contributed by atoms with Crippen LogP contribution in [-0.2, 0) is 14.8 Å². The molecule has 0 spiro atoms. The monoisotopic (exact) mass is 453 g/mol. The summed E-state index contributed by atoms with van der Waals surface area (Å²) in [5.74, 6) is -0.233. The molecule has 0 aliphatic carbocycles. The first kappa shape index (κ1) is 27.6. The Morgan fingerprint density at radius 2 is 1.83 bits per heavy atom. The first-order chi connectivity index (χ1) is 13.2. The molecule has 0 bridgehead atoms. The molecule has 0 fully saturated rings. The topological polar surface area (TPSA) is 136 Å². The van der Waals surface area contributed by atoms with Gasteiger partial charge >= 0.3 is 5.97 Å². The van der Waals surface area contributed by atoms with Crippen molar-refractivity contribution in [3.8, 4) is 5.75 Å². The fourth-order valence-electron chi connectivity index (χ4n) is 2.70. The van der Waals surface area contributed by atoms with E-state index in [1.165, 1.54) is 10.6 Å². The Kier molecular flexibility index (Phi) is 13.9. The number of aliphatic carboxylic acids is 1. The van der Waals surface area contributed by atoms with Crippen molar-refractivity contribution in [2.24, 2.45) is 0 Å². The Morgan fingerprint density at radius 1 is 1.17 bits per heavy atom. The van der Waals surface area contributed by atoms with Gasteiger partial charge in [-0.2, -0.15) is 0 Å². The predicted octanol–water partition coefficient (Wildman–Crippen LogP) is 2.33. The lowest BCUT2D eigenvalue weighted by atomic mass is 10.1. The first-order valence-corrected chi connectivity index (χ1v) is 11.6. The summed E-state index contributed by atoms with van der Waals surface area (Å²) >= 11 is 5.87. The van der Waals surface area contributed by atoms with Crippen LogP contribution in [0.1, 0.15) is 44.9 Å². The molecule has 0 heterocycles. The van der Waals surface area contributed by atoms with Crippen molar-refractivity contribution in [1.29, 1.82) is 0 Å². The lowest BCUT2D eigenvalue weighted by molar-refractivity contribution is -0.137. The molecule has 1 aromatic carbocycles. The summed E-state index contributed by atoms with van der Waals surface area (Å²) < 4.78 is 30.7. The number of aliphatic hydroxyl groups is 1. The van der Waals surface area contributed by atoms with Crippen LogP contribution in [0.15, 0.2) is 24.3 Å². The van der Waals surface area contributed by atoms with Crippen LogP contribution in [0.3, 0.4) is 0 Å². The normalized spacial score (nSPS) is 12.4. The molecule has 8 nitrogen and oxygen atoms in total. The number of unbranched alkanes of at least 4 members (excludes halogenated alkanes) is 3. The zero-order valence-electron chi connectivity index (χ0n) is 16.7. The summed E-state index contributed by atoms with van der Waals surface area (Å²) in [5, 5.41) is 19.2. The van der Waals surface area contributed by atoms with Gasteiger partial charge in [0, 0.05) is 24.5 Å². The molecule has 1 rings (SSSR count). The summed E-state index contributed by atoms with van der Waals surface area (Å²) in [5.41, 5.74) is 0. The molecule has 0 radical (unpaired) electrons. The molecule has 0 aromatic heterocycles. The SMILES string of the molecule is CS(=O)(=O)N(CCCCCCC(=O)O)CCCC(O)COc1cccc(Cl)c1.O. The van der Waals surface area contributed by atoms with Crippen LogP contribution >= 0.6 is 11.6 Å². The Bertz CT molecular complexity index is 700. The molecule has 0 saturated carbocycles. The van der Waals surface area contributed by atoms with Crippen LogP contribution in [0, 0.1) is 0 Å². The molecular weight excluding hydrogens is 422 g/mol. The van der Waals surface area contributed by atoms with Crippen molar-refractivity contribution in [3.63, 3.8) is 0 Å². The molecule has 10 heteroatoms. The molecule has 0 saturated heterocycles. The van der Waals surface area contributed by atoms with Gasteiger partial charge in [-0.25, -0.2) is 12.7 Å². The number of hydrogen-bond acceptors (Lipinski definition) is 5. The lowest BCUT2D eigenvalue weighted by Crippen LogP contribution is -2.32. The Morgan fingerprint density at radius 3 is 2.45 bits per heavy atom. The van der Waals surface area contributed by atoms with Crippen molar-refractivity contribution in [2.75, 3.05) is 26.0 Å². The largest absolute Gasteiger partial charge is 0.491 e. The van der Waals surface area contributed by atoms with Crippen LogP contribution < -0.4 is 4.74 Å². The molecule has 0 amide bonds. The lowest BCUT2D eigenvalue weighted by Gasteiger charge is -2.20. The van der Waals surface area contributed by atoms with Crippen LogP contribution in [0.25, 0.3) is 0 Å². The van der Waals surface area contributed by atoms with E-state index in [-0.39, 0.29) is 18.5 Å². The van der Waals surface area contributed by atoms with Crippen molar-refractivity contribution in [1.82, 2.24) is 4.31 Å². The number of ether oxygens (including phenoxy) is 1. The molecule has 0 aliphatic heterocycles. The van der Waals surface area contributed by atoms with Crippen molar-refractivity contribution < 1.29 is 33.6 Å². The number of carbonyl (C=O) groups is 1. The van der Waals surface area contributed by atoms with E-state index in [1.807, 2.05) is 0 Å². The number of hydrogen-bond donors (Lipinski definition) is 2. The Labute approximate surface area is 177 Å². The maximum absolute atomic E-state index is 11.9. The van der Waals surface area contributed by atoms with Gasteiger partial charge in [0.15, 0.2) is 0 Å². The van der Waals surface area contributed by atoms with E-state index in [2.05, 4.69) is 0 Å². The van der Waals surface area contributed by atoms with E-state index in [0.29, 0.717) is 49.5 Å². The molecule has 168 valence electrons. The molecule has 0 aliphatic rings. The number of rotatable bonds is 15. The number of carboxylic acid groups (broad SMARTS) is 1. The second-order valence-electron chi connectivity index (χ2n) is 6.78. The number of nitrogens with zero attached hydrogens (tertiary/aromatic N) is 1. The van der Waals surface area contributed by atoms with Crippen LogP contribution in [0.2, 0.25) is 5.02 Å². The van der Waals surface area contributed by atoms with Gasteiger partial charge in [0.25, 0.3) is 0 Å². The van der Waals surface area contributed by atoms with Crippen molar-refractivity contribution in [2.45, 2.75) is 51.0 Å². The van der Waals surface area contributed by atoms with Gasteiger partial charge in [-0.15, -0.1) is 0 Å². The average molecular weight is 454 g/mol. The Balaban J connectivity index is 0.00000784. The van der Waals surface area contributed by atoms with Gasteiger partial charge in [-0.3, -0.25) is 4.79 Å². The molecule has 1 atom stereocenters. The van der Waals surface area contributed by atoms with E-state index in [9.17, 15) is 18.3 Å². The minimum absolute atomic E-state index is 0. The highest BCUT2D eigenvalue weighted by atomic mass is 35.5. The molecule has 4 N–H and O–H groups in total. The first-order valence-electron chi connectivity index (χ1n) is 9.42. The van der Waals surface area contributed by atoms with Gasteiger partial charge in [-0.05, 0) is 43.9 Å². The number of halogens is 1. The fourth-order valence-corrected chi connectivity index (χ4v) is 3.80. The minimum atomic E-state index is -3.32. The van der Waals surface area contributed by atoms with E-state index in [4.69, 9.17) is 21.4 Å². The molecule has 1 aromatic rings. The molecular formula is C19H32ClNO7S. The maximum atomic E-state index is 11.9. The van der Waals surface area contributed by atoms with Crippen LogP contribution in [-0.4, -0.2) is 66.4 Å². The summed E-state index contributed by atoms with van der Waals surface area (Å²) in [6, 6.07) is 6.91. The predicted molar refractivity (Wildman–Crippen MR) is 113 cm³/mol. The number of sulfonamides is 1. The Hall–Kier alpha value is -1.39. The maximum Gasteiger partial charge on any atom is 0.303 e. The van der Waals surface area contributed by atoms with Gasteiger partial charge in [0.2, 0.25) is 10.0 Å². The third kappa shape index (κ3) is 13.5. The third-order valence-corrected chi connectivity index (χ3v) is 5.74. The molecule has 1 unspecified atom stereocenters. The summed E-state index contributed by atoms with van der Waals surface area (Å²) in [4.78, 5) is 10.5. The number of aliphatic hydroxyl groups excluding tert-OH is 1. The second kappa shape index (κ2) is 14.6. The van der Waals surface area contributed by atoms with Crippen molar-refractivity contribution >= 4 is 27.6 Å². The van der Waals surface area contributed by atoms with E-state index < -0.39 is 22.1 Å². The highest BCUT2D eigenvalue weighted by Crippen LogP contribution is 2.17. The van der Waals surface area contributed by atoms with E-state index in [1.54, 1.807) is 24.3 Å².